The number of aliphatic hydroxyl groups is 1. The van der Waals surface area contributed by atoms with Crippen LogP contribution in [-0.4, -0.2) is 134 Å². The lowest BCUT2D eigenvalue weighted by Crippen LogP contribution is -2.64. The Labute approximate surface area is 415 Å². The van der Waals surface area contributed by atoms with Gasteiger partial charge in [0.05, 0.1) is 30.5 Å². The van der Waals surface area contributed by atoms with Gasteiger partial charge in [-0.15, -0.1) is 0 Å². The number of benzene rings is 1. The first-order chi connectivity index (χ1) is 33.5. The standard InChI is InChI=1S/C55H82N4O11/c1-11-39-26-33(3)25-34(4)27-47(67-9)51-48(68-10)29-37(7)55(65,70-51)52(62)53(63)59-24-16-15-19-43(59)54(64)69-50(35(5)20-23-45(39)60)36(6)28-38-21-22-42(46(30-38)66-8)57-32-49(61)58(12-2)44-31-56-41-18-14-13-17-40(41)44/h13-14,17-18,26,28,31,34-35,37-39,42-43,46-48,50-51,56-57,65H,11-12,15-16,19-25,27,29-30,32H2,1-10H3/b33-26+,36-28?. The number of Topliss-reactive ketones (excluding diaryl/α,β-unsaturated/α-hetero) is 2. The van der Waals surface area contributed by atoms with E-state index in [9.17, 15) is 29.1 Å². The second kappa shape index (κ2) is 24.9. The number of fused-ring (bicyclic) bond motifs is 4. The van der Waals surface area contributed by atoms with Crippen LogP contribution in [-0.2, 0) is 47.7 Å². The van der Waals surface area contributed by atoms with Crippen molar-refractivity contribution < 1.29 is 52.8 Å². The molecule has 0 spiro atoms. The summed E-state index contributed by atoms with van der Waals surface area (Å²) in [5.41, 5.74) is 3.72. The highest BCUT2D eigenvalue weighted by molar-refractivity contribution is 6.39. The second-order valence-electron chi connectivity index (χ2n) is 20.8. The Morgan fingerprint density at radius 3 is 2.37 bits per heavy atom. The number of H-pyrrole nitrogens is 1. The molecule has 0 radical (unpaired) electrons. The fraction of sp³-hybridized carbons (Fsp3) is 0.691. The molecule has 4 heterocycles. The van der Waals surface area contributed by atoms with Crippen LogP contribution in [0.3, 0.4) is 0 Å². The number of aromatic amines is 1. The molecule has 2 aromatic rings. The molecule has 3 N–H and O–H groups in total. The lowest BCUT2D eigenvalue weighted by atomic mass is 9.81. The van der Waals surface area contributed by atoms with Gasteiger partial charge in [-0.2, -0.15) is 0 Å². The molecule has 2 saturated heterocycles. The van der Waals surface area contributed by atoms with Crippen molar-refractivity contribution in [3.05, 3.63) is 53.8 Å². The van der Waals surface area contributed by atoms with E-state index in [0.29, 0.717) is 57.9 Å². The largest absolute Gasteiger partial charge is 0.456 e. The minimum Gasteiger partial charge on any atom is -0.456 e. The maximum Gasteiger partial charge on any atom is 0.329 e. The number of hydrogen-bond donors (Lipinski definition) is 3. The van der Waals surface area contributed by atoms with Crippen molar-refractivity contribution in [3.8, 4) is 0 Å². The summed E-state index contributed by atoms with van der Waals surface area (Å²) in [5.74, 6) is -6.37. The number of amides is 2. The molecule has 13 unspecified atom stereocenters. The summed E-state index contributed by atoms with van der Waals surface area (Å²) in [4.78, 5) is 77.4. The van der Waals surface area contributed by atoms with Gasteiger partial charge >= 0.3 is 5.97 Å². The van der Waals surface area contributed by atoms with Gasteiger partial charge in [-0.25, -0.2) is 4.79 Å². The zero-order valence-electron chi connectivity index (χ0n) is 43.5. The number of likely N-dealkylation sites (N-methyl/N-ethyl adjacent to an activating group) is 1. The van der Waals surface area contributed by atoms with E-state index in [1.165, 1.54) is 4.90 Å². The molecule has 388 valence electrons. The molecule has 1 aromatic heterocycles. The number of esters is 1. The lowest BCUT2D eigenvalue weighted by Gasteiger charge is -2.47. The van der Waals surface area contributed by atoms with Crippen LogP contribution < -0.4 is 10.2 Å². The summed E-state index contributed by atoms with van der Waals surface area (Å²) in [6.07, 6.45) is 9.72. The Bertz CT molecular complexity index is 2190. The number of nitrogens with zero attached hydrogens (tertiary/aromatic N) is 2. The predicted octanol–water partition coefficient (Wildman–Crippen LogP) is 7.63. The third kappa shape index (κ3) is 12.7. The lowest BCUT2D eigenvalue weighted by molar-refractivity contribution is -0.302. The van der Waals surface area contributed by atoms with Crippen molar-refractivity contribution in [2.75, 3.05) is 45.9 Å². The van der Waals surface area contributed by atoms with Crippen LogP contribution in [0.2, 0.25) is 0 Å². The fourth-order valence-electron chi connectivity index (χ4n) is 11.7. The Kier molecular flexibility index (Phi) is 19.6. The van der Waals surface area contributed by atoms with Gasteiger partial charge in [0.15, 0.2) is 0 Å². The number of methoxy groups -OCH3 is 3. The average Bonchev–Trinajstić information content (AvgIpc) is 3.78. The maximum atomic E-state index is 14.6. The van der Waals surface area contributed by atoms with Gasteiger partial charge in [0.25, 0.3) is 11.7 Å². The molecule has 3 aliphatic heterocycles. The number of rotatable bonds is 11. The van der Waals surface area contributed by atoms with Crippen LogP contribution in [0.1, 0.15) is 126 Å². The molecule has 1 saturated carbocycles. The van der Waals surface area contributed by atoms with Crippen LogP contribution in [0.4, 0.5) is 5.69 Å². The van der Waals surface area contributed by atoms with Gasteiger partial charge in [0.2, 0.25) is 11.7 Å². The van der Waals surface area contributed by atoms with E-state index in [2.05, 4.69) is 29.4 Å². The van der Waals surface area contributed by atoms with Crippen molar-refractivity contribution in [3.63, 3.8) is 0 Å². The molecule has 2 amide bonds. The summed E-state index contributed by atoms with van der Waals surface area (Å²) in [6.45, 7) is 14.5. The molecule has 15 heteroatoms. The maximum absolute atomic E-state index is 14.6. The van der Waals surface area contributed by atoms with Gasteiger partial charge in [0.1, 0.15) is 24.0 Å². The minimum absolute atomic E-state index is 0.0304. The first kappa shape index (κ1) is 55.1. The topological polar surface area (TPSA) is 186 Å². The van der Waals surface area contributed by atoms with Gasteiger partial charge < -0.3 is 48.9 Å². The van der Waals surface area contributed by atoms with E-state index in [4.69, 9.17) is 23.7 Å². The average molecular weight is 975 g/mol. The highest BCUT2D eigenvalue weighted by atomic mass is 16.7. The minimum atomic E-state index is -2.49. The molecule has 2 bridgehead atoms. The zero-order chi connectivity index (χ0) is 50.9. The van der Waals surface area contributed by atoms with Crippen molar-refractivity contribution in [2.24, 2.45) is 29.6 Å². The van der Waals surface area contributed by atoms with E-state index in [0.717, 1.165) is 40.6 Å². The first-order valence-corrected chi connectivity index (χ1v) is 26.0. The van der Waals surface area contributed by atoms with Gasteiger partial charge in [-0.1, -0.05) is 63.6 Å². The summed E-state index contributed by atoms with van der Waals surface area (Å²) in [5, 5.41) is 16.7. The summed E-state index contributed by atoms with van der Waals surface area (Å²) in [6, 6.07) is 6.81. The Morgan fingerprint density at radius 1 is 0.957 bits per heavy atom. The summed E-state index contributed by atoms with van der Waals surface area (Å²) >= 11 is 0. The van der Waals surface area contributed by atoms with Gasteiger partial charge in [-0.3, -0.25) is 19.2 Å². The normalized spacial score (nSPS) is 34.5. The molecule has 1 aromatic carbocycles. The molecule has 15 nitrogen and oxygen atoms in total. The Balaban J connectivity index is 1.24. The van der Waals surface area contributed by atoms with Crippen LogP contribution in [0.5, 0.6) is 0 Å². The van der Waals surface area contributed by atoms with Crippen molar-refractivity contribution in [2.45, 2.75) is 174 Å². The van der Waals surface area contributed by atoms with Gasteiger partial charge in [0, 0.05) is 75.8 Å². The van der Waals surface area contributed by atoms with Crippen LogP contribution in [0, 0.1) is 29.6 Å². The number of nitrogens with one attached hydrogen (secondary N) is 2. The molecule has 13 atom stereocenters. The van der Waals surface area contributed by atoms with E-state index >= 15 is 0 Å². The van der Waals surface area contributed by atoms with Crippen molar-refractivity contribution >= 4 is 45.9 Å². The number of carbonyl (C=O) groups excluding carboxylic acids is 5. The summed E-state index contributed by atoms with van der Waals surface area (Å²) < 4.78 is 30.7. The second-order valence-corrected chi connectivity index (χ2v) is 20.8. The number of para-hydroxylation sites is 1. The SMILES string of the molecule is CCC1/C=C(\C)CC(C)CC(OC)C2OC(O)(C(=O)C(=O)N3CCCCC3C(=O)OC(C(C)=CC3CCC(NCC(=O)N(CC)c4c[nH]c5ccccc45)C(OC)C3)C(C)CCC1=O)C(C)CC2OC. The Hall–Kier alpha value is -4.25. The highest BCUT2D eigenvalue weighted by Gasteiger charge is 2.56. The van der Waals surface area contributed by atoms with Crippen molar-refractivity contribution in [1.29, 1.82) is 0 Å². The monoisotopic (exact) mass is 975 g/mol. The summed E-state index contributed by atoms with van der Waals surface area (Å²) in [7, 11) is 4.80. The number of ketones is 2. The van der Waals surface area contributed by atoms with Crippen LogP contribution >= 0.6 is 0 Å². The molecular weight excluding hydrogens is 893 g/mol. The number of allylic oxidation sites excluding steroid dienone is 3. The quantitative estimate of drug-likeness (QED) is 0.114. The molecule has 1 aliphatic carbocycles. The molecular formula is C55H82N4O11. The van der Waals surface area contributed by atoms with E-state index < -0.39 is 59.8 Å². The van der Waals surface area contributed by atoms with Crippen molar-refractivity contribution in [1.82, 2.24) is 15.2 Å². The molecule has 70 heavy (non-hydrogen) atoms. The first-order valence-electron chi connectivity index (χ1n) is 26.0. The molecule has 3 fully saturated rings. The highest BCUT2D eigenvalue weighted by Crippen LogP contribution is 2.39. The Morgan fingerprint density at radius 2 is 1.67 bits per heavy atom. The van der Waals surface area contributed by atoms with Crippen LogP contribution in [0.15, 0.2) is 53.8 Å². The number of carbonyl (C=O) groups is 5. The number of aromatic nitrogens is 1. The van der Waals surface area contributed by atoms with Gasteiger partial charge in [-0.05, 0) is 121 Å². The number of anilines is 1. The fourth-order valence-corrected chi connectivity index (χ4v) is 11.7. The predicted molar refractivity (Wildman–Crippen MR) is 269 cm³/mol. The smallest absolute Gasteiger partial charge is 0.329 e. The number of cyclic esters (lactones) is 1. The number of hydrogen-bond acceptors (Lipinski definition) is 12. The molecule has 6 rings (SSSR count). The van der Waals surface area contributed by atoms with E-state index in [-0.39, 0.29) is 73.4 Å². The number of ether oxygens (including phenoxy) is 5. The third-order valence-electron chi connectivity index (χ3n) is 15.8. The zero-order valence-corrected chi connectivity index (χ0v) is 43.5. The molecule has 4 aliphatic rings. The van der Waals surface area contributed by atoms with E-state index in [1.807, 2.05) is 65.1 Å². The third-order valence-corrected chi connectivity index (χ3v) is 15.8. The number of piperidine rings is 1. The van der Waals surface area contributed by atoms with E-state index in [1.54, 1.807) is 33.2 Å². The van der Waals surface area contributed by atoms with Crippen LogP contribution in [0.25, 0.3) is 10.9 Å².